The number of halogens is 3. The van der Waals surface area contributed by atoms with Crippen LogP contribution in [0, 0.1) is 0 Å². The fraction of sp³-hybridized carbons (Fsp3) is 0.368. The Balaban J connectivity index is 1.47. The van der Waals surface area contributed by atoms with Crippen LogP contribution < -0.4 is 0 Å². The van der Waals surface area contributed by atoms with Gasteiger partial charge in [0.2, 0.25) is 5.91 Å². The molecule has 0 spiro atoms. The Hall–Kier alpha value is -2.22. The summed E-state index contributed by atoms with van der Waals surface area (Å²) in [6.45, 7) is 1.29. The summed E-state index contributed by atoms with van der Waals surface area (Å²) in [6.07, 6.45) is -1.93. The number of carbonyl (C=O) groups excluding carboxylic acids is 1. The van der Waals surface area contributed by atoms with Gasteiger partial charge in [0.1, 0.15) is 5.75 Å². The molecule has 1 aromatic heterocycles. The van der Waals surface area contributed by atoms with Crippen LogP contribution in [0.2, 0.25) is 0 Å². The summed E-state index contributed by atoms with van der Waals surface area (Å²) in [7, 11) is 0. The topological polar surface area (TPSA) is 53.4 Å². The highest BCUT2D eigenvalue weighted by atomic mass is 32.2. The molecule has 27 heavy (non-hydrogen) atoms. The Kier molecular flexibility index (Phi) is 5.94. The fourth-order valence-electron chi connectivity index (χ4n) is 3.07. The van der Waals surface area contributed by atoms with Gasteiger partial charge in [0.05, 0.1) is 16.3 Å². The van der Waals surface area contributed by atoms with E-state index in [1.54, 1.807) is 17.0 Å². The number of rotatable bonds is 4. The number of phenols is 1. The van der Waals surface area contributed by atoms with Crippen LogP contribution in [-0.2, 0) is 11.0 Å². The molecule has 1 amide bonds. The third-order valence-electron chi connectivity index (χ3n) is 4.62. The number of carbonyl (C=O) groups is 1. The quantitative estimate of drug-likeness (QED) is 0.783. The van der Waals surface area contributed by atoms with Crippen molar-refractivity contribution in [2.75, 3.05) is 18.8 Å². The van der Waals surface area contributed by atoms with Gasteiger partial charge in [0, 0.05) is 19.3 Å². The molecule has 2 aromatic rings. The minimum atomic E-state index is -4.41. The van der Waals surface area contributed by atoms with Gasteiger partial charge in [-0.15, -0.1) is 0 Å². The molecule has 1 saturated heterocycles. The normalized spacial score (nSPS) is 15.7. The zero-order chi connectivity index (χ0) is 19.4. The van der Waals surface area contributed by atoms with Crippen molar-refractivity contribution in [3.05, 3.63) is 53.7 Å². The molecule has 4 nitrogen and oxygen atoms in total. The Morgan fingerprint density at radius 1 is 1.15 bits per heavy atom. The van der Waals surface area contributed by atoms with Crippen LogP contribution in [0.25, 0.3) is 0 Å². The number of phenolic OH excluding ortho intramolecular Hbond substituents is 1. The minimum Gasteiger partial charge on any atom is -0.508 e. The van der Waals surface area contributed by atoms with E-state index in [1.807, 2.05) is 12.1 Å². The fourth-order valence-corrected chi connectivity index (χ4v) is 3.81. The highest BCUT2D eigenvalue weighted by molar-refractivity contribution is 7.99. The van der Waals surface area contributed by atoms with E-state index in [0.29, 0.717) is 24.0 Å². The maximum absolute atomic E-state index is 12.5. The number of thioether (sulfide) groups is 1. The molecule has 1 aliphatic rings. The predicted molar refractivity (Wildman–Crippen MR) is 96.6 cm³/mol. The average Bonchev–Trinajstić information content (AvgIpc) is 2.66. The van der Waals surface area contributed by atoms with Crippen LogP contribution in [-0.4, -0.2) is 39.7 Å². The van der Waals surface area contributed by atoms with Crippen molar-refractivity contribution in [2.24, 2.45) is 0 Å². The second kappa shape index (κ2) is 8.21. The molecule has 0 saturated carbocycles. The summed E-state index contributed by atoms with van der Waals surface area (Å²) in [6, 6.07) is 9.41. The van der Waals surface area contributed by atoms with Crippen molar-refractivity contribution < 1.29 is 23.1 Å². The van der Waals surface area contributed by atoms with E-state index < -0.39 is 11.7 Å². The van der Waals surface area contributed by atoms with Gasteiger partial charge >= 0.3 is 6.18 Å². The number of aromatic nitrogens is 1. The summed E-state index contributed by atoms with van der Waals surface area (Å²) >= 11 is 1.14. The molecular formula is C19H19F3N2O2S. The molecule has 0 bridgehead atoms. The second-order valence-electron chi connectivity index (χ2n) is 6.42. The number of pyridine rings is 1. The first-order valence-electron chi connectivity index (χ1n) is 8.55. The largest absolute Gasteiger partial charge is 0.508 e. The standard InChI is InChI=1S/C19H19F3N2O2S/c20-19(21,22)15-3-6-17(23-11-15)27-12-18(26)24-9-7-14(8-10-24)13-1-4-16(25)5-2-13/h1-6,11,14,25H,7-10,12H2. The Morgan fingerprint density at radius 2 is 1.81 bits per heavy atom. The van der Waals surface area contributed by atoms with Crippen molar-refractivity contribution in [1.82, 2.24) is 9.88 Å². The molecular weight excluding hydrogens is 377 g/mol. The molecule has 3 rings (SSSR count). The summed E-state index contributed by atoms with van der Waals surface area (Å²) in [5.74, 6) is 0.715. The first kappa shape index (κ1) is 19.5. The number of aromatic hydroxyl groups is 1. The summed E-state index contributed by atoms with van der Waals surface area (Å²) in [4.78, 5) is 17.9. The van der Waals surface area contributed by atoms with Crippen LogP contribution in [0.5, 0.6) is 5.75 Å². The van der Waals surface area contributed by atoms with Crippen molar-refractivity contribution >= 4 is 17.7 Å². The van der Waals surface area contributed by atoms with Crippen molar-refractivity contribution in [2.45, 2.75) is 30.0 Å². The minimum absolute atomic E-state index is 0.0362. The lowest BCUT2D eigenvalue weighted by molar-refractivity contribution is -0.138. The van der Waals surface area contributed by atoms with Gasteiger partial charge in [0.15, 0.2) is 0 Å². The molecule has 0 aliphatic carbocycles. The molecule has 0 radical (unpaired) electrons. The molecule has 1 aliphatic heterocycles. The molecule has 1 aromatic carbocycles. The summed E-state index contributed by atoms with van der Waals surface area (Å²) < 4.78 is 37.6. The average molecular weight is 396 g/mol. The van der Waals surface area contributed by atoms with E-state index in [-0.39, 0.29) is 17.4 Å². The van der Waals surface area contributed by atoms with E-state index in [9.17, 15) is 23.1 Å². The van der Waals surface area contributed by atoms with Crippen LogP contribution in [0.4, 0.5) is 13.2 Å². The van der Waals surface area contributed by atoms with E-state index in [0.717, 1.165) is 42.4 Å². The first-order chi connectivity index (χ1) is 12.8. The highest BCUT2D eigenvalue weighted by Crippen LogP contribution is 2.31. The second-order valence-corrected chi connectivity index (χ2v) is 7.41. The zero-order valence-corrected chi connectivity index (χ0v) is 15.3. The van der Waals surface area contributed by atoms with Crippen LogP contribution in [0.1, 0.15) is 29.9 Å². The number of piperidine rings is 1. The number of hydrogen-bond acceptors (Lipinski definition) is 4. The number of hydrogen-bond donors (Lipinski definition) is 1. The lowest BCUT2D eigenvalue weighted by Crippen LogP contribution is -2.38. The number of likely N-dealkylation sites (tertiary alicyclic amines) is 1. The molecule has 0 atom stereocenters. The Bertz CT molecular complexity index is 771. The molecule has 8 heteroatoms. The molecule has 0 unspecified atom stereocenters. The van der Waals surface area contributed by atoms with Crippen LogP contribution in [0.15, 0.2) is 47.6 Å². The molecule has 1 fully saturated rings. The van der Waals surface area contributed by atoms with Gasteiger partial charge < -0.3 is 10.0 Å². The lowest BCUT2D eigenvalue weighted by atomic mass is 9.89. The Morgan fingerprint density at radius 3 is 2.37 bits per heavy atom. The van der Waals surface area contributed by atoms with Gasteiger partial charge in [-0.3, -0.25) is 4.79 Å². The van der Waals surface area contributed by atoms with E-state index >= 15 is 0 Å². The van der Waals surface area contributed by atoms with E-state index in [2.05, 4.69) is 4.98 Å². The van der Waals surface area contributed by atoms with Gasteiger partial charge in [-0.2, -0.15) is 13.2 Å². The number of benzene rings is 1. The smallest absolute Gasteiger partial charge is 0.417 e. The van der Waals surface area contributed by atoms with Crippen molar-refractivity contribution in [3.63, 3.8) is 0 Å². The van der Waals surface area contributed by atoms with Gasteiger partial charge in [-0.1, -0.05) is 23.9 Å². The summed E-state index contributed by atoms with van der Waals surface area (Å²) in [5.41, 5.74) is 0.359. The third-order valence-corrected chi connectivity index (χ3v) is 5.55. The maximum Gasteiger partial charge on any atom is 0.417 e. The third kappa shape index (κ3) is 5.15. The van der Waals surface area contributed by atoms with Crippen LogP contribution >= 0.6 is 11.8 Å². The predicted octanol–water partition coefficient (Wildman–Crippen LogP) is 4.30. The summed E-state index contributed by atoms with van der Waals surface area (Å²) in [5, 5.41) is 9.76. The number of alkyl halides is 3. The monoisotopic (exact) mass is 396 g/mol. The number of amides is 1. The molecule has 2 heterocycles. The van der Waals surface area contributed by atoms with Crippen molar-refractivity contribution in [1.29, 1.82) is 0 Å². The lowest BCUT2D eigenvalue weighted by Gasteiger charge is -2.32. The van der Waals surface area contributed by atoms with Gasteiger partial charge in [-0.25, -0.2) is 4.98 Å². The number of nitrogens with zero attached hydrogens (tertiary/aromatic N) is 2. The molecule has 1 N–H and O–H groups in total. The Labute approximate surface area is 159 Å². The highest BCUT2D eigenvalue weighted by Gasteiger charge is 2.30. The van der Waals surface area contributed by atoms with E-state index in [1.165, 1.54) is 6.07 Å². The SMILES string of the molecule is O=C(CSc1ccc(C(F)(F)F)cn1)N1CCC(c2ccc(O)cc2)CC1. The van der Waals surface area contributed by atoms with Crippen LogP contribution in [0.3, 0.4) is 0 Å². The zero-order valence-electron chi connectivity index (χ0n) is 14.4. The van der Waals surface area contributed by atoms with E-state index in [4.69, 9.17) is 0 Å². The van der Waals surface area contributed by atoms with Gasteiger partial charge in [-0.05, 0) is 48.6 Å². The molecule has 144 valence electrons. The first-order valence-corrected chi connectivity index (χ1v) is 9.54. The van der Waals surface area contributed by atoms with Gasteiger partial charge in [0.25, 0.3) is 0 Å². The van der Waals surface area contributed by atoms with Crippen molar-refractivity contribution in [3.8, 4) is 5.75 Å². The maximum atomic E-state index is 12.5.